The molecule has 0 bridgehead atoms. The lowest BCUT2D eigenvalue weighted by Crippen LogP contribution is -2.32. The minimum atomic E-state index is 0.739. The molecule has 0 unspecified atom stereocenters. The highest BCUT2D eigenvalue weighted by atomic mass is 32.2. The van der Waals surface area contributed by atoms with E-state index in [-0.39, 0.29) is 0 Å². The van der Waals surface area contributed by atoms with Crippen molar-refractivity contribution in [3.63, 3.8) is 0 Å². The summed E-state index contributed by atoms with van der Waals surface area (Å²) >= 11 is 1.35. The van der Waals surface area contributed by atoms with Crippen molar-refractivity contribution in [3.05, 3.63) is 0 Å². The van der Waals surface area contributed by atoms with Gasteiger partial charge in [-0.05, 0) is 25.3 Å². The average Bonchev–Trinajstić information content (AvgIpc) is 2.05. The largest absolute Gasteiger partial charge is 0.330 e. The molecule has 0 aliphatic carbocycles. The Bertz CT molecular complexity index is 79.0. The lowest BCUT2D eigenvalue weighted by atomic mass is 9.99. The SMILES string of the molecule is NCC1CCN(SN)CC1. The topological polar surface area (TPSA) is 55.3 Å². The number of rotatable bonds is 2. The predicted octanol–water partition coefficient (Wildman–Crippen LogP) is 0.179. The fourth-order valence-electron chi connectivity index (χ4n) is 1.25. The highest BCUT2D eigenvalue weighted by molar-refractivity contribution is 7.94. The molecule has 1 aliphatic rings. The van der Waals surface area contributed by atoms with Crippen LogP contribution in [-0.4, -0.2) is 23.9 Å². The van der Waals surface area contributed by atoms with Crippen LogP contribution in [0.1, 0.15) is 12.8 Å². The van der Waals surface area contributed by atoms with Crippen molar-refractivity contribution >= 4 is 12.1 Å². The molecular formula is C6H15N3S. The van der Waals surface area contributed by atoms with Gasteiger partial charge in [0.25, 0.3) is 0 Å². The molecule has 1 fully saturated rings. The van der Waals surface area contributed by atoms with Gasteiger partial charge < -0.3 is 5.73 Å². The summed E-state index contributed by atoms with van der Waals surface area (Å²) in [7, 11) is 0. The first-order chi connectivity index (χ1) is 4.86. The number of nitrogens with two attached hydrogens (primary N) is 2. The second kappa shape index (κ2) is 4.18. The lowest BCUT2D eigenvalue weighted by Gasteiger charge is -2.28. The first-order valence-corrected chi connectivity index (χ1v) is 4.52. The molecule has 0 atom stereocenters. The summed E-state index contributed by atoms with van der Waals surface area (Å²) in [5.41, 5.74) is 5.53. The van der Waals surface area contributed by atoms with Gasteiger partial charge in [0, 0.05) is 25.2 Å². The maximum atomic E-state index is 5.53. The van der Waals surface area contributed by atoms with E-state index in [1.807, 2.05) is 0 Å². The standard InChI is InChI=1S/C6H15N3S/c7-5-6-1-3-9(10-8)4-2-6/h6H,1-5,7-8H2. The quantitative estimate of drug-likeness (QED) is 0.567. The monoisotopic (exact) mass is 161 g/mol. The van der Waals surface area contributed by atoms with Crippen molar-refractivity contribution in [2.24, 2.45) is 16.8 Å². The first kappa shape index (κ1) is 8.33. The van der Waals surface area contributed by atoms with E-state index >= 15 is 0 Å². The number of piperidine rings is 1. The molecule has 0 saturated carbocycles. The molecule has 1 rings (SSSR count). The van der Waals surface area contributed by atoms with Crippen LogP contribution < -0.4 is 10.9 Å². The Hall–Kier alpha value is 0.230. The van der Waals surface area contributed by atoms with Gasteiger partial charge in [-0.2, -0.15) is 0 Å². The summed E-state index contributed by atoms with van der Waals surface area (Å²) in [6.07, 6.45) is 2.42. The molecule has 0 aromatic carbocycles. The van der Waals surface area contributed by atoms with Crippen molar-refractivity contribution in [1.29, 1.82) is 0 Å². The highest BCUT2D eigenvalue weighted by Gasteiger charge is 2.16. The fourth-order valence-corrected chi connectivity index (χ4v) is 1.67. The molecule has 60 valence electrons. The molecule has 0 amide bonds. The molecule has 4 heteroatoms. The van der Waals surface area contributed by atoms with Crippen LogP contribution in [0.25, 0.3) is 0 Å². The van der Waals surface area contributed by atoms with Crippen molar-refractivity contribution in [1.82, 2.24) is 4.31 Å². The molecule has 0 aromatic heterocycles. The van der Waals surface area contributed by atoms with E-state index in [0.717, 1.165) is 25.6 Å². The number of hydrogen-bond donors (Lipinski definition) is 2. The van der Waals surface area contributed by atoms with Crippen molar-refractivity contribution in [2.45, 2.75) is 12.8 Å². The molecule has 10 heavy (non-hydrogen) atoms. The zero-order valence-corrected chi connectivity index (χ0v) is 6.94. The van der Waals surface area contributed by atoms with E-state index in [9.17, 15) is 0 Å². The van der Waals surface area contributed by atoms with Gasteiger partial charge >= 0.3 is 0 Å². The van der Waals surface area contributed by atoms with Gasteiger partial charge in [-0.15, -0.1) is 0 Å². The third-order valence-corrected chi connectivity index (χ3v) is 2.72. The molecule has 0 aromatic rings. The van der Waals surface area contributed by atoms with Gasteiger partial charge in [0.05, 0.1) is 0 Å². The van der Waals surface area contributed by atoms with Crippen LogP contribution in [0.15, 0.2) is 0 Å². The number of nitrogens with zero attached hydrogens (tertiary/aromatic N) is 1. The zero-order chi connectivity index (χ0) is 7.40. The van der Waals surface area contributed by atoms with Crippen LogP contribution in [-0.2, 0) is 0 Å². The Balaban J connectivity index is 2.17. The van der Waals surface area contributed by atoms with Gasteiger partial charge in [0.15, 0.2) is 0 Å². The molecular weight excluding hydrogens is 146 g/mol. The van der Waals surface area contributed by atoms with Crippen LogP contribution in [0, 0.1) is 5.92 Å². The number of hydrogen-bond acceptors (Lipinski definition) is 4. The van der Waals surface area contributed by atoms with E-state index in [4.69, 9.17) is 10.9 Å². The van der Waals surface area contributed by atoms with Gasteiger partial charge in [-0.25, -0.2) is 4.31 Å². The smallest absolute Gasteiger partial charge is 0.0104 e. The maximum Gasteiger partial charge on any atom is 0.0104 e. The molecule has 0 radical (unpaired) electrons. The Morgan fingerprint density at radius 1 is 1.40 bits per heavy atom. The molecule has 0 spiro atoms. The van der Waals surface area contributed by atoms with Gasteiger partial charge in [-0.3, -0.25) is 5.14 Å². The van der Waals surface area contributed by atoms with Crippen LogP contribution in [0.2, 0.25) is 0 Å². The Morgan fingerprint density at radius 3 is 2.40 bits per heavy atom. The Labute approximate surface area is 66.4 Å². The van der Waals surface area contributed by atoms with Gasteiger partial charge in [0.2, 0.25) is 0 Å². The second-order valence-electron chi connectivity index (χ2n) is 2.71. The van der Waals surface area contributed by atoms with Crippen molar-refractivity contribution in [2.75, 3.05) is 19.6 Å². The molecule has 4 N–H and O–H groups in total. The van der Waals surface area contributed by atoms with E-state index in [1.54, 1.807) is 0 Å². The average molecular weight is 161 g/mol. The maximum absolute atomic E-state index is 5.53. The van der Waals surface area contributed by atoms with Crippen LogP contribution in [0.5, 0.6) is 0 Å². The van der Waals surface area contributed by atoms with E-state index in [1.165, 1.54) is 25.0 Å². The van der Waals surface area contributed by atoms with Crippen LogP contribution in [0.3, 0.4) is 0 Å². The van der Waals surface area contributed by atoms with Crippen LogP contribution >= 0.6 is 12.1 Å². The molecule has 1 saturated heterocycles. The first-order valence-electron chi connectivity index (χ1n) is 3.68. The van der Waals surface area contributed by atoms with Crippen molar-refractivity contribution < 1.29 is 0 Å². The Morgan fingerprint density at radius 2 is 2.00 bits per heavy atom. The van der Waals surface area contributed by atoms with Gasteiger partial charge in [0.1, 0.15) is 0 Å². The fraction of sp³-hybridized carbons (Fsp3) is 1.00. The summed E-state index contributed by atoms with van der Waals surface area (Å²) in [5.74, 6) is 0.739. The zero-order valence-electron chi connectivity index (χ0n) is 6.12. The second-order valence-corrected chi connectivity index (χ2v) is 3.44. The minimum absolute atomic E-state index is 0.739. The summed E-state index contributed by atoms with van der Waals surface area (Å²) in [6, 6.07) is 0. The Kier molecular flexibility index (Phi) is 3.48. The lowest BCUT2D eigenvalue weighted by molar-refractivity contribution is 0.297. The predicted molar refractivity (Wildman–Crippen MR) is 45.1 cm³/mol. The molecule has 3 nitrogen and oxygen atoms in total. The molecule has 1 heterocycles. The normalized spacial score (nSPS) is 23.4. The highest BCUT2D eigenvalue weighted by Crippen LogP contribution is 2.18. The minimum Gasteiger partial charge on any atom is -0.330 e. The van der Waals surface area contributed by atoms with E-state index in [2.05, 4.69) is 4.31 Å². The van der Waals surface area contributed by atoms with E-state index < -0.39 is 0 Å². The summed E-state index contributed by atoms with van der Waals surface area (Å²) in [4.78, 5) is 0. The third kappa shape index (κ3) is 2.12. The molecule has 1 aliphatic heterocycles. The third-order valence-electron chi connectivity index (χ3n) is 2.06. The summed E-state index contributed by atoms with van der Waals surface area (Å²) in [6.45, 7) is 3.04. The van der Waals surface area contributed by atoms with Gasteiger partial charge in [-0.1, -0.05) is 0 Å². The summed E-state index contributed by atoms with van der Waals surface area (Å²) in [5, 5.41) is 5.40. The van der Waals surface area contributed by atoms with Crippen LogP contribution in [0.4, 0.5) is 0 Å². The van der Waals surface area contributed by atoms with Crippen molar-refractivity contribution in [3.8, 4) is 0 Å². The summed E-state index contributed by atoms with van der Waals surface area (Å²) < 4.78 is 2.19. The van der Waals surface area contributed by atoms with E-state index in [0.29, 0.717) is 0 Å².